The molecule has 1 aliphatic carbocycles. The fourth-order valence-electron chi connectivity index (χ4n) is 3.34. The Bertz CT molecular complexity index is 873. The lowest BCUT2D eigenvalue weighted by Crippen LogP contribution is -2.48. The zero-order valence-electron chi connectivity index (χ0n) is 14.1. The van der Waals surface area contributed by atoms with Crippen molar-refractivity contribution in [2.75, 3.05) is 6.54 Å². The molecule has 0 aromatic carbocycles. The summed E-state index contributed by atoms with van der Waals surface area (Å²) in [6, 6.07) is 3.59. The maximum Gasteiger partial charge on any atom is 0.196 e. The van der Waals surface area contributed by atoms with Crippen molar-refractivity contribution in [1.29, 1.82) is 0 Å². The number of aromatic amines is 1. The van der Waals surface area contributed by atoms with Crippen LogP contribution >= 0.6 is 11.6 Å². The molecule has 0 bridgehead atoms. The molecule has 3 N–H and O–H groups in total. The van der Waals surface area contributed by atoms with Crippen LogP contribution in [0, 0.1) is 0 Å². The van der Waals surface area contributed by atoms with E-state index < -0.39 is 0 Å². The first-order chi connectivity index (χ1) is 12.7. The topological polar surface area (TPSA) is 95.1 Å². The Morgan fingerprint density at radius 2 is 2.23 bits per heavy atom. The molecule has 0 spiro atoms. The number of nitrogens with zero attached hydrogens (tertiary/aromatic N) is 3. The van der Waals surface area contributed by atoms with Gasteiger partial charge in [0.05, 0.1) is 16.9 Å². The average molecular weight is 371 g/mol. The monoisotopic (exact) mass is 370 g/mol. The van der Waals surface area contributed by atoms with Crippen molar-refractivity contribution in [2.24, 2.45) is 4.99 Å². The summed E-state index contributed by atoms with van der Waals surface area (Å²) < 4.78 is 0. The number of guanidine groups is 1. The molecule has 1 aliphatic heterocycles. The summed E-state index contributed by atoms with van der Waals surface area (Å²) in [7, 11) is 0. The van der Waals surface area contributed by atoms with Gasteiger partial charge in [-0.1, -0.05) is 17.7 Å². The fraction of sp³-hybridized carbons (Fsp3) is 0.333. The van der Waals surface area contributed by atoms with Gasteiger partial charge < -0.3 is 10.6 Å². The van der Waals surface area contributed by atoms with E-state index in [-0.39, 0.29) is 11.8 Å². The van der Waals surface area contributed by atoms with Gasteiger partial charge in [-0.05, 0) is 30.9 Å². The van der Waals surface area contributed by atoms with Crippen molar-refractivity contribution in [3.05, 3.63) is 58.3 Å². The number of pyridine rings is 1. The average Bonchev–Trinajstić information content (AvgIpc) is 3.08. The Kier molecular flexibility index (Phi) is 4.71. The van der Waals surface area contributed by atoms with E-state index in [9.17, 15) is 4.79 Å². The molecular formula is C18H19ClN6O. The van der Waals surface area contributed by atoms with E-state index in [4.69, 9.17) is 11.6 Å². The van der Waals surface area contributed by atoms with E-state index in [1.54, 1.807) is 12.4 Å². The molecule has 0 radical (unpaired) electrons. The van der Waals surface area contributed by atoms with Crippen LogP contribution in [0.25, 0.3) is 0 Å². The second-order valence-electron chi connectivity index (χ2n) is 6.34. The van der Waals surface area contributed by atoms with Crippen LogP contribution in [-0.4, -0.2) is 33.5 Å². The first kappa shape index (κ1) is 16.8. The normalized spacial score (nSPS) is 21.3. The molecule has 8 heteroatoms. The number of rotatable bonds is 4. The number of hydrogen-bond donors (Lipinski definition) is 3. The van der Waals surface area contributed by atoms with Gasteiger partial charge in [0.2, 0.25) is 0 Å². The molecule has 26 heavy (non-hydrogen) atoms. The molecule has 0 amide bonds. The highest BCUT2D eigenvalue weighted by atomic mass is 35.5. The van der Waals surface area contributed by atoms with E-state index in [2.05, 4.69) is 30.8 Å². The number of hydrogen-bond acceptors (Lipinski definition) is 4. The van der Waals surface area contributed by atoms with Gasteiger partial charge in [0.1, 0.15) is 6.04 Å². The highest BCUT2D eigenvalue weighted by molar-refractivity contribution is 6.31. The van der Waals surface area contributed by atoms with E-state index >= 15 is 0 Å². The lowest BCUT2D eigenvalue weighted by Gasteiger charge is -2.33. The molecule has 2 aromatic heterocycles. The quantitative estimate of drug-likeness (QED) is 0.767. The lowest BCUT2D eigenvalue weighted by molar-refractivity contribution is -0.116. The number of halogens is 1. The highest BCUT2D eigenvalue weighted by Gasteiger charge is 2.35. The number of allylic oxidation sites excluding steroid dienone is 1. The van der Waals surface area contributed by atoms with Gasteiger partial charge in [0.25, 0.3) is 0 Å². The number of carbonyl (C=O) groups is 1. The van der Waals surface area contributed by atoms with Crippen LogP contribution in [0.2, 0.25) is 5.02 Å². The Morgan fingerprint density at radius 3 is 3.00 bits per heavy atom. The van der Waals surface area contributed by atoms with Crippen LogP contribution < -0.4 is 10.6 Å². The summed E-state index contributed by atoms with van der Waals surface area (Å²) in [5, 5.41) is 14.0. The highest BCUT2D eigenvalue weighted by Crippen LogP contribution is 2.34. The largest absolute Gasteiger partial charge is 0.343 e. The lowest BCUT2D eigenvalue weighted by atomic mass is 9.87. The van der Waals surface area contributed by atoms with E-state index in [1.807, 2.05) is 18.3 Å². The van der Waals surface area contributed by atoms with Crippen molar-refractivity contribution >= 4 is 23.3 Å². The number of Topliss-reactive ketones (excluding diaryl/α,β-unsaturated/α-hetero) is 1. The maximum atomic E-state index is 12.5. The van der Waals surface area contributed by atoms with Crippen molar-refractivity contribution < 1.29 is 4.79 Å². The predicted molar refractivity (Wildman–Crippen MR) is 98.7 cm³/mol. The van der Waals surface area contributed by atoms with E-state index in [1.165, 1.54) is 0 Å². The summed E-state index contributed by atoms with van der Waals surface area (Å²) >= 11 is 6.25. The van der Waals surface area contributed by atoms with Gasteiger partial charge in [-0.15, -0.1) is 0 Å². The number of carbonyl (C=O) groups excluding carboxylic acids is 1. The molecule has 3 heterocycles. The second kappa shape index (κ2) is 7.29. The minimum atomic E-state index is -0.355. The number of H-pyrrole nitrogens is 1. The molecular weight excluding hydrogens is 352 g/mol. The second-order valence-corrected chi connectivity index (χ2v) is 6.75. The Morgan fingerprint density at radius 1 is 1.31 bits per heavy atom. The number of aliphatic imine (C=N–C) groups is 1. The van der Waals surface area contributed by atoms with Gasteiger partial charge in [-0.2, -0.15) is 5.10 Å². The van der Waals surface area contributed by atoms with Crippen LogP contribution in [-0.2, 0) is 11.2 Å². The zero-order chi connectivity index (χ0) is 17.9. The Balaban J connectivity index is 1.58. The Hall–Kier alpha value is -2.67. The van der Waals surface area contributed by atoms with E-state index in [0.29, 0.717) is 29.6 Å². The number of nitrogens with one attached hydrogen (secondary N) is 3. The van der Waals surface area contributed by atoms with Crippen LogP contribution in [0.5, 0.6) is 0 Å². The van der Waals surface area contributed by atoms with Crippen LogP contribution in [0.1, 0.15) is 36.6 Å². The van der Waals surface area contributed by atoms with Crippen LogP contribution in [0.4, 0.5) is 0 Å². The SMILES string of the molecule is O=C1CCCC2=C1C(c1[nH]ncc1Cl)NC(=NCCc1cccnc1)N2. The zero-order valence-corrected chi connectivity index (χ0v) is 14.9. The molecule has 2 aromatic rings. The minimum absolute atomic E-state index is 0.135. The first-order valence-electron chi connectivity index (χ1n) is 8.64. The van der Waals surface area contributed by atoms with Gasteiger partial charge >= 0.3 is 0 Å². The summed E-state index contributed by atoms with van der Waals surface area (Å²) in [5.41, 5.74) is 3.48. The van der Waals surface area contributed by atoms with Crippen molar-refractivity contribution in [3.8, 4) is 0 Å². The smallest absolute Gasteiger partial charge is 0.196 e. The molecule has 1 unspecified atom stereocenters. The standard InChI is InChI=1S/C18H19ClN6O/c19-12-10-22-25-16(12)17-15-13(4-1-5-14(15)26)23-18(24-17)21-8-6-11-3-2-7-20-9-11/h2-3,7,9-10,17H,1,4-6,8H2,(H,22,25)(H2,21,23,24). The molecule has 134 valence electrons. The first-order valence-corrected chi connectivity index (χ1v) is 9.02. The minimum Gasteiger partial charge on any atom is -0.343 e. The molecule has 0 saturated carbocycles. The summed E-state index contributed by atoms with van der Waals surface area (Å²) in [5.74, 6) is 0.786. The van der Waals surface area contributed by atoms with Gasteiger partial charge in [-0.3, -0.25) is 19.9 Å². The van der Waals surface area contributed by atoms with Crippen molar-refractivity contribution in [3.63, 3.8) is 0 Å². The third-order valence-corrected chi connectivity index (χ3v) is 4.90. The third-order valence-electron chi connectivity index (χ3n) is 4.60. The molecule has 4 rings (SSSR count). The number of aromatic nitrogens is 3. The third kappa shape index (κ3) is 3.35. The summed E-state index contributed by atoms with van der Waals surface area (Å²) in [6.07, 6.45) is 8.16. The fourth-order valence-corrected chi connectivity index (χ4v) is 3.54. The summed E-state index contributed by atoms with van der Waals surface area (Å²) in [6.45, 7) is 0.612. The van der Waals surface area contributed by atoms with Crippen LogP contribution in [0.15, 0.2) is 47.0 Å². The molecule has 7 nitrogen and oxygen atoms in total. The van der Waals surface area contributed by atoms with Crippen molar-refractivity contribution in [2.45, 2.75) is 31.7 Å². The number of ketones is 1. The van der Waals surface area contributed by atoms with Crippen molar-refractivity contribution in [1.82, 2.24) is 25.8 Å². The van der Waals surface area contributed by atoms with Gasteiger partial charge in [0, 0.05) is 36.6 Å². The Labute approximate surface area is 156 Å². The van der Waals surface area contributed by atoms with Gasteiger partial charge in [0.15, 0.2) is 11.7 Å². The van der Waals surface area contributed by atoms with Gasteiger partial charge in [-0.25, -0.2) is 0 Å². The van der Waals surface area contributed by atoms with E-state index in [0.717, 1.165) is 36.1 Å². The molecule has 0 fully saturated rings. The molecule has 2 aliphatic rings. The predicted octanol–water partition coefficient (Wildman–Crippen LogP) is 2.30. The molecule has 0 saturated heterocycles. The maximum absolute atomic E-state index is 12.5. The molecule has 1 atom stereocenters. The van der Waals surface area contributed by atoms with Crippen LogP contribution in [0.3, 0.4) is 0 Å². The summed E-state index contributed by atoms with van der Waals surface area (Å²) in [4.78, 5) is 21.2.